The highest BCUT2D eigenvalue weighted by Gasteiger charge is 2.30. The molecule has 26 heavy (non-hydrogen) atoms. The molecule has 3 rings (SSSR count). The first-order chi connectivity index (χ1) is 12.2. The molecule has 0 amide bonds. The first-order valence-corrected chi connectivity index (χ1v) is 7.44. The third-order valence-electron chi connectivity index (χ3n) is 3.79. The van der Waals surface area contributed by atoms with Gasteiger partial charge >= 0.3 is 6.18 Å². The number of rotatable bonds is 2. The van der Waals surface area contributed by atoms with Crippen molar-refractivity contribution in [2.75, 3.05) is 5.73 Å². The third kappa shape index (κ3) is 3.11. The molecular formula is C18H12F4N4. The molecule has 2 aromatic carbocycles. The molecule has 0 aliphatic carbocycles. The number of hydrogen-bond donors (Lipinski definition) is 1. The molecule has 8 heteroatoms. The van der Waals surface area contributed by atoms with Gasteiger partial charge < -0.3 is 5.73 Å². The third-order valence-corrected chi connectivity index (χ3v) is 3.79. The van der Waals surface area contributed by atoms with Crippen LogP contribution in [-0.4, -0.2) is 9.78 Å². The van der Waals surface area contributed by atoms with E-state index in [2.05, 4.69) is 5.10 Å². The summed E-state index contributed by atoms with van der Waals surface area (Å²) >= 11 is 0. The minimum Gasteiger partial charge on any atom is -0.382 e. The van der Waals surface area contributed by atoms with Crippen LogP contribution in [0.15, 0.2) is 42.5 Å². The predicted molar refractivity (Wildman–Crippen MR) is 87.8 cm³/mol. The van der Waals surface area contributed by atoms with E-state index >= 15 is 0 Å². The standard InChI is InChI=1S/C18H12F4N4/c1-10-6-13(19)8-14(7-10)26-17(24)15(9-23)16(25-26)11-2-4-12(5-3-11)18(20,21)22/h2-8H,24H2,1H3. The van der Waals surface area contributed by atoms with Gasteiger partial charge in [0.1, 0.15) is 29.0 Å². The van der Waals surface area contributed by atoms with E-state index in [-0.39, 0.29) is 17.1 Å². The molecule has 0 fully saturated rings. The minimum atomic E-state index is -4.46. The van der Waals surface area contributed by atoms with Gasteiger partial charge in [0.15, 0.2) is 0 Å². The highest BCUT2D eigenvalue weighted by Crippen LogP contribution is 2.33. The summed E-state index contributed by atoms with van der Waals surface area (Å²) in [5, 5.41) is 13.6. The van der Waals surface area contributed by atoms with Crippen molar-refractivity contribution in [2.24, 2.45) is 0 Å². The maximum Gasteiger partial charge on any atom is 0.416 e. The zero-order chi connectivity index (χ0) is 19.1. The molecule has 1 aromatic heterocycles. The number of nitrogen functional groups attached to an aromatic ring is 1. The lowest BCUT2D eigenvalue weighted by Crippen LogP contribution is -2.04. The van der Waals surface area contributed by atoms with Gasteiger partial charge in [0.2, 0.25) is 0 Å². The number of anilines is 1. The summed E-state index contributed by atoms with van der Waals surface area (Å²) in [7, 11) is 0. The summed E-state index contributed by atoms with van der Waals surface area (Å²) in [4.78, 5) is 0. The second kappa shape index (κ2) is 6.19. The van der Waals surface area contributed by atoms with Crippen LogP contribution in [0.5, 0.6) is 0 Å². The van der Waals surface area contributed by atoms with E-state index in [9.17, 15) is 22.8 Å². The monoisotopic (exact) mass is 360 g/mol. The van der Waals surface area contributed by atoms with Crippen molar-refractivity contribution < 1.29 is 17.6 Å². The highest BCUT2D eigenvalue weighted by atomic mass is 19.4. The molecule has 0 unspecified atom stereocenters. The Balaban J connectivity index is 2.13. The number of alkyl halides is 3. The van der Waals surface area contributed by atoms with Gasteiger partial charge in [-0.2, -0.15) is 23.5 Å². The lowest BCUT2D eigenvalue weighted by Gasteiger charge is -2.07. The highest BCUT2D eigenvalue weighted by molar-refractivity contribution is 5.74. The van der Waals surface area contributed by atoms with Crippen molar-refractivity contribution in [3.63, 3.8) is 0 Å². The molecule has 2 N–H and O–H groups in total. The SMILES string of the molecule is Cc1cc(F)cc(-n2nc(-c3ccc(C(F)(F)F)cc3)c(C#N)c2N)c1. The summed E-state index contributed by atoms with van der Waals surface area (Å²) in [6.07, 6.45) is -4.46. The van der Waals surface area contributed by atoms with Gasteiger partial charge in [0, 0.05) is 5.56 Å². The normalized spacial score (nSPS) is 11.4. The summed E-state index contributed by atoms with van der Waals surface area (Å²) in [5.41, 5.74) is 6.52. The molecule has 0 bridgehead atoms. The van der Waals surface area contributed by atoms with Gasteiger partial charge in [-0.3, -0.25) is 0 Å². The Morgan fingerprint density at radius 3 is 2.31 bits per heavy atom. The van der Waals surface area contributed by atoms with Crippen LogP contribution in [0, 0.1) is 24.1 Å². The fourth-order valence-corrected chi connectivity index (χ4v) is 2.60. The van der Waals surface area contributed by atoms with Crippen molar-refractivity contribution in [1.82, 2.24) is 9.78 Å². The lowest BCUT2D eigenvalue weighted by atomic mass is 10.1. The summed E-state index contributed by atoms with van der Waals surface area (Å²) in [5.74, 6) is -0.517. The lowest BCUT2D eigenvalue weighted by molar-refractivity contribution is -0.137. The fraction of sp³-hybridized carbons (Fsp3) is 0.111. The number of nitrogens with zero attached hydrogens (tertiary/aromatic N) is 3. The molecule has 0 saturated heterocycles. The van der Waals surface area contributed by atoms with Crippen LogP contribution in [0.4, 0.5) is 23.4 Å². The van der Waals surface area contributed by atoms with Crippen molar-refractivity contribution in [1.29, 1.82) is 5.26 Å². The first-order valence-electron chi connectivity index (χ1n) is 7.44. The van der Waals surface area contributed by atoms with Crippen molar-refractivity contribution in [3.05, 3.63) is 65.0 Å². The molecule has 4 nitrogen and oxygen atoms in total. The minimum absolute atomic E-state index is 0.00618. The van der Waals surface area contributed by atoms with Crippen molar-refractivity contribution in [3.8, 4) is 23.0 Å². The zero-order valence-corrected chi connectivity index (χ0v) is 13.5. The van der Waals surface area contributed by atoms with Gasteiger partial charge in [-0.1, -0.05) is 12.1 Å². The van der Waals surface area contributed by atoms with Crippen molar-refractivity contribution in [2.45, 2.75) is 13.1 Å². The quantitative estimate of drug-likeness (QED) is 0.686. The molecule has 0 aliphatic rings. The van der Waals surface area contributed by atoms with Gasteiger partial charge in [-0.25, -0.2) is 9.07 Å². The van der Waals surface area contributed by atoms with E-state index in [0.29, 0.717) is 16.8 Å². The Kier molecular flexibility index (Phi) is 4.16. The molecule has 0 radical (unpaired) electrons. The Labute approximate surface area is 146 Å². The first kappa shape index (κ1) is 17.5. The molecule has 0 aliphatic heterocycles. The van der Waals surface area contributed by atoms with E-state index in [4.69, 9.17) is 5.73 Å². The Bertz CT molecular complexity index is 991. The zero-order valence-electron chi connectivity index (χ0n) is 13.5. The smallest absolute Gasteiger partial charge is 0.382 e. The Morgan fingerprint density at radius 2 is 1.77 bits per heavy atom. The average Bonchev–Trinajstić information content (AvgIpc) is 2.90. The van der Waals surface area contributed by atoms with Gasteiger partial charge in [-0.05, 0) is 42.8 Å². The largest absolute Gasteiger partial charge is 0.416 e. The topological polar surface area (TPSA) is 67.6 Å². The van der Waals surface area contributed by atoms with Crippen LogP contribution in [-0.2, 0) is 6.18 Å². The molecule has 1 heterocycles. The molecule has 0 atom stereocenters. The molecule has 3 aromatic rings. The summed E-state index contributed by atoms with van der Waals surface area (Å²) < 4.78 is 53.0. The van der Waals surface area contributed by atoms with Crippen LogP contribution in [0.2, 0.25) is 0 Å². The summed E-state index contributed by atoms with van der Waals surface area (Å²) in [6, 6.07) is 10.3. The molecule has 0 saturated carbocycles. The molecule has 132 valence electrons. The number of aromatic nitrogens is 2. The number of halogens is 4. The predicted octanol–water partition coefficient (Wildman–Crippen LogP) is 4.46. The maximum atomic E-state index is 13.7. The second-order valence-electron chi connectivity index (χ2n) is 5.69. The van der Waals surface area contributed by atoms with Crippen LogP contribution in [0.1, 0.15) is 16.7 Å². The number of nitriles is 1. The Hall–Kier alpha value is -3.34. The average molecular weight is 360 g/mol. The Morgan fingerprint density at radius 1 is 1.12 bits per heavy atom. The second-order valence-corrected chi connectivity index (χ2v) is 5.69. The van der Waals surface area contributed by atoms with Crippen LogP contribution in [0.25, 0.3) is 16.9 Å². The van der Waals surface area contributed by atoms with E-state index in [1.807, 2.05) is 6.07 Å². The van der Waals surface area contributed by atoms with E-state index in [1.165, 1.54) is 28.9 Å². The van der Waals surface area contributed by atoms with E-state index < -0.39 is 17.6 Å². The van der Waals surface area contributed by atoms with Crippen LogP contribution < -0.4 is 5.73 Å². The number of nitrogens with two attached hydrogens (primary N) is 1. The molecule has 0 spiro atoms. The van der Waals surface area contributed by atoms with E-state index in [0.717, 1.165) is 12.1 Å². The van der Waals surface area contributed by atoms with Crippen molar-refractivity contribution >= 4 is 5.82 Å². The number of benzene rings is 2. The number of hydrogen-bond acceptors (Lipinski definition) is 3. The van der Waals surface area contributed by atoms with Gasteiger partial charge in [-0.15, -0.1) is 0 Å². The van der Waals surface area contributed by atoms with Gasteiger partial charge in [0.05, 0.1) is 11.3 Å². The molecular weight excluding hydrogens is 348 g/mol. The maximum absolute atomic E-state index is 13.7. The fourth-order valence-electron chi connectivity index (χ4n) is 2.60. The van der Waals surface area contributed by atoms with E-state index in [1.54, 1.807) is 13.0 Å². The summed E-state index contributed by atoms with van der Waals surface area (Å²) in [6.45, 7) is 1.69. The van der Waals surface area contributed by atoms with Crippen LogP contribution in [0.3, 0.4) is 0 Å². The number of aryl methyl sites for hydroxylation is 1. The van der Waals surface area contributed by atoms with Crippen LogP contribution >= 0.6 is 0 Å². The van der Waals surface area contributed by atoms with Gasteiger partial charge in [0.25, 0.3) is 0 Å².